The van der Waals surface area contributed by atoms with Crippen LogP contribution in [-0.2, 0) is 0 Å². The van der Waals surface area contributed by atoms with Crippen LogP contribution in [0.1, 0.15) is 51.1 Å². The van der Waals surface area contributed by atoms with Crippen molar-refractivity contribution in [3.8, 4) is 0 Å². The molecule has 0 aliphatic carbocycles. The van der Waals surface area contributed by atoms with Crippen molar-refractivity contribution in [2.75, 3.05) is 26.7 Å². The zero-order valence-electron chi connectivity index (χ0n) is 13.2. The largest absolute Gasteiger partial charge is 0.317 e. The van der Waals surface area contributed by atoms with Crippen LogP contribution in [0.3, 0.4) is 0 Å². The zero-order valence-corrected chi connectivity index (χ0v) is 13.9. The second kappa shape index (κ2) is 10.2. The molecule has 1 unspecified atom stereocenters. The van der Waals surface area contributed by atoms with Crippen molar-refractivity contribution in [2.45, 2.75) is 45.6 Å². The molecule has 1 aromatic rings. The van der Waals surface area contributed by atoms with Gasteiger partial charge in [0.2, 0.25) is 0 Å². The Hall–Kier alpha value is -0.570. The number of benzene rings is 1. The molecule has 0 saturated heterocycles. The molecule has 20 heavy (non-hydrogen) atoms. The number of nitrogens with one attached hydrogen (secondary N) is 1. The quantitative estimate of drug-likeness (QED) is 0.639. The van der Waals surface area contributed by atoms with Crippen molar-refractivity contribution >= 4 is 11.6 Å². The van der Waals surface area contributed by atoms with Gasteiger partial charge >= 0.3 is 0 Å². The number of hydrogen-bond acceptors (Lipinski definition) is 2. The molecule has 1 N–H and O–H groups in total. The first-order valence-corrected chi connectivity index (χ1v) is 8.19. The van der Waals surface area contributed by atoms with Crippen LogP contribution in [0.25, 0.3) is 0 Å². The van der Waals surface area contributed by atoms with Crippen molar-refractivity contribution in [1.29, 1.82) is 0 Å². The molecule has 0 saturated carbocycles. The van der Waals surface area contributed by atoms with Crippen LogP contribution in [0.5, 0.6) is 0 Å². The first-order valence-electron chi connectivity index (χ1n) is 7.81. The molecular weight excluding hydrogens is 268 g/mol. The molecule has 0 aliphatic heterocycles. The number of nitrogens with zero attached hydrogens (tertiary/aromatic N) is 1. The second-order valence-electron chi connectivity index (χ2n) is 5.52. The first kappa shape index (κ1) is 17.5. The molecule has 0 spiro atoms. The van der Waals surface area contributed by atoms with E-state index in [2.05, 4.69) is 43.2 Å². The number of halogens is 1. The molecule has 1 atom stereocenters. The SMILES string of the molecule is CCCNCCCCCN(C)C(C)c1cccc(Cl)c1. The fourth-order valence-electron chi connectivity index (χ4n) is 2.30. The number of hydrogen-bond donors (Lipinski definition) is 1. The van der Waals surface area contributed by atoms with E-state index in [-0.39, 0.29) is 0 Å². The fraction of sp³-hybridized carbons (Fsp3) is 0.647. The highest BCUT2D eigenvalue weighted by Crippen LogP contribution is 2.22. The van der Waals surface area contributed by atoms with E-state index in [1.54, 1.807) is 0 Å². The third kappa shape index (κ3) is 6.74. The summed E-state index contributed by atoms with van der Waals surface area (Å²) in [6.07, 6.45) is 5.05. The van der Waals surface area contributed by atoms with Gasteiger partial charge in [-0.25, -0.2) is 0 Å². The maximum absolute atomic E-state index is 6.06. The molecule has 0 radical (unpaired) electrons. The summed E-state index contributed by atoms with van der Waals surface area (Å²) in [5.41, 5.74) is 1.30. The van der Waals surface area contributed by atoms with E-state index in [0.29, 0.717) is 6.04 Å². The van der Waals surface area contributed by atoms with Gasteiger partial charge in [-0.1, -0.05) is 37.1 Å². The van der Waals surface area contributed by atoms with Crippen molar-refractivity contribution < 1.29 is 0 Å². The Kier molecular flexibility index (Phi) is 8.92. The van der Waals surface area contributed by atoms with Crippen molar-refractivity contribution in [1.82, 2.24) is 10.2 Å². The average Bonchev–Trinajstić information content (AvgIpc) is 2.45. The smallest absolute Gasteiger partial charge is 0.0409 e. The lowest BCUT2D eigenvalue weighted by Crippen LogP contribution is -2.24. The minimum atomic E-state index is 0.423. The summed E-state index contributed by atoms with van der Waals surface area (Å²) in [6.45, 7) is 7.89. The Morgan fingerprint density at radius 1 is 1.20 bits per heavy atom. The Balaban J connectivity index is 2.20. The summed E-state index contributed by atoms with van der Waals surface area (Å²) in [5.74, 6) is 0. The maximum Gasteiger partial charge on any atom is 0.0409 e. The molecule has 3 heteroatoms. The molecule has 0 amide bonds. The summed E-state index contributed by atoms with van der Waals surface area (Å²) in [4.78, 5) is 2.41. The standard InChI is InChI=1S/C17H29ClN2/c1-4-11-19-12-6-5-7-13-20(3)15(2)16-9-8-10-17(18)14-16/h8-10,14-15,19H,4-7,11-13H2,1-3H3. The number of rotatable bonds is 10. The number of unbranched alkanes of at least 4 members (excludes halogenated alkanes) is 2. The molecule has 0 aliphatic rings. The Labute approximate surface area is 129 Å². The predicted molar refractivity (Wildman–Crippen MR) is 89.5 cm³/mol. The van der Waals surface area contributed by atoms with Crippen LogP contribution < -0.4 is 5.32 Å². The van der Waals surface area contributed by atoms with Crippen LogP contribution in [0.15, 0.2) is 24.3 Å². The monoisotopic (exact) mass is 296 g/mol. The van der Waals surface area contributed by atoms with Crippen molar-refractivity contribution in [2.24, 2.45) is 0 Å². The van der Waals surface area contributed by atoms with Gasteiger partial charge in [0.05, 0.1) is 0 Å². The molecule has 0 bridgehead atoms. The maximum atomic E-state index is 6.06. The van der Waals surface area contributed by atoms with Crippen LogP contribution >= 0.6 is 11.6 Å². The van der Waals surface area contributed by atoms with Gasteiger partial charge in [0.25, 0.3) is 0 Å². The third-order valence-electron chi connectivity index (χ3n) is 3.78. The Bertz CT molecular complexity index is 368. The van der Waals surface area contributed by atoms with Gasteiger partial charge in [-0.2, -0.15) is 0 Å². The molecule has 0 heterocycles. The Morgan fingerprint density at radius 2 is 2.00 bits per heavy atom. The van der Waals surface area contributed by atoms with E-state index in [4.69, 9.17) is 11.6 Å². The molecule has 0 aromatic heterocycles. The second-order valence-corrected chi connectivity index (χ2v) is 5.96. The normalized spacial score (nSPS) is 12.8. The molecule has 1 aromatic carbocycles. The van der Waals surface area contributed by atoms with E-state index in [9.17, 15) is 0 Å². The first-order chi connectivity index (χ1) is 9.65. The lowest BCUT2D eigenvalue weighted by atomic mass is 10.1. The summed E-state index contributed by atoms with van der Waals surface area (Å²) >= 11 is 6.06. The Morgan fingerprint density at radius 3 is 2.70 bits per heavy atom. The van der Waals surface area contributed by atoms with Gasteiger partial charge in [0, 0.05) is 11.1 Å². The minimum absolute atomic E-state index is 0.423. The molecular formula is C17H29ClN2. The van der Waals surface area contributed by atoms with E-state index >= 15 is 0 Å². The van der Waals surface area contributed by atoms with Gasteiger partial charge in [-0.3, -0.25) is 4.90 Å². The molecule has 1 rings (SSSR count). The summed E-state index contributed by atoms with van der Waals surface area (Å²) in [7, 11) is 2.20. The van der Waals surface area contributed by atoms with Crippen molar-refractivity contribution in [3.63, 3.8) is 0 Å². The van der Waals surface area contributed by atoms with Gasteiger partial charge in [0.1, 0.15) is 0 Å². The van der Waals surface area contributed by atoms with E-state index in [1.165, 1.54) is 31.2 Å². The molecule has 0 fully saturated rings. The van der Waals surface area contributed by atoms with Crippen LogP contribution in [0.4, 0.5) is 0 Å². The van der Waals surface area contributed by atoms with Crippen LogP contribution in [-0.4, -0.2) is 31.6 Å². The van der Waals surface area contributed by atoms with E-state index < -0.39 is 0 Å². The van der Waals surface area contributed by atoms with Crippen LogP contribution in [0.2, 0.25) is 5.02 Å². The van der Waals surface area contributed by atoms with Gasteiger partial charge in [-0.05, 0) is 70.6 Å². The average molecular weight is 297 g/mol. The summed E-state index contributed by atoms with van der Waals surface area (Å²) in [6, 6.07) is 8.61. The fourth-order valence-corrected chi connectivity index (χ4v) is 2.50. The predicted octanol–water partition coefficient (Wildman–Crippen LogP) is 4.50. The minimum Gasteiger partial charge on any atom is -0.317 e. The van der Waals surface area contributed by atoms with Gasteiger partial charge < -0.3 is 5.32 Å². The highest BCUT2D eigenvalue weighted by atomic mass is 35.5. The summed E-state index contributed by atoms with van der Waals surface area (Å²) in [5, 5.41) is 4.27. The highest BCUT2D eigenvalue weighted by molar-refractivity contribution is 6.30. The molecule has 114 valence electrons. The van der Waals surface area contributed by atoms with E-state index in [0.717, 1.165) is 24.7 Å². The summed E-state index contributed by atoms with van der Waals surface area (Å²) < 4.78 is 0. The van der Waals surface area contributed by atoms with Gasteiger partial charge in [0.15, 0.2) is 0 Å². The van der Waals surface area contributed by atoms with E-state index in [1.807, 2.05) is 12.1 Å². The van der Waals surface area contributed by atoms with Crippen molar-refractivity contribution in [3.05, 3.63) is 34.9 Å². The third-order valence-corrected chi connectivity index (χ3v) is 4.02. The van der Waals surface area contributed by atoms with Crippen LogP contribution in [0, 0.1) is 0 Å². The zero-order chi connectivity index (χ0) is 14.8. The topological polar surface area (TPSA) is 15.3 Å². The highest BCUT2D eigenvalue weighted by Gasteiger charge is 2.11. The van der Waals surface area contributed by atoms with Gasteiger partial charge in [-0.15, -0.1) is 0 Å². The molecule has 2 nitrogen and oxygen atoms in total. The lowest BCUT2D eigenvalue weighted by Gasteiger charge is -2.25. The lowest BCUT2D eigenvalue weighted by molar-refractivity contribution is 0.255.